The van der Waals surface area contributed by atoms with E-state index < -0.39 is 0 Å². The standard InChI is InChI=1S/C15H20BrNO3/c1-4-15(5-2)13(16)9-14(15)20-12-8-11(17(18)19)7-6-10(12)3/h6-8,13-14H,4-5,9H2,1-3H3. The van der Waals surface area contributed by atoms with Gasteiger partial charge in [-0.2, -0.15) is 0 Å². The van der Waals surface area contributed by atoms with Crippen molar-refractivity contribution in [2.75, 3.05) is 0 Å². The number of alkyl halides is 1. The predicted octanol–water partition coefficient (Wildman–Crippen LogP) is 4.62. The molecule has 1 saturated carbocycles. The first-order valence-electron chi connectivity index (χ1n) is 7.00. The predicted molar refractivity (Wildman–Crippen MR) is 82.6 cm³/mol. The van der Waals surface area contributed by atoms with Gasteiger partial charge in [0.15, 0.2) is 0 Å². The van der Waals surface area contributed by atoms with Crippen LogP contribution in [0.15, 0.2) is 18.2 Å². The van der Waals surface area contributed by atoms with Crippen LogP contribution in [0.3, 0.4) is 0 Å². The minimum Gasteiger partial charge on any atom is -0.489 e. The maximum Gasteiger partial charge on any atom is 0.273 e. The van der Waals surface area contributed by atoms with Crippen LogP contribution in [-0.2, 0) is 0 Å². The lowest BCUT2D eigenvalue weighted by Crippen LogP contribution is -2.56. The van der Waals surface area contributed by atoms with E-state index in [2.05, 4.69) is 29.8 Å². The second-order valence-electron chi connectivity index (χ2n) is 5.46. The molecule has 0 saturated heterocycles. The summed E-state index contributed by atoms with van der Waals surface area (Å²) in [4.78, 5) is 11.0. The molecule has 2 atom stereocenters. The Kier molecular flexibility index (Phi) is 4.37. The van der Waals surface area contributed by atoms with Gasteiger partial charge in [0.05, 0.1) is 11.0 Å². The van der Waals surface area contributed by atoms with Crippen LogP contribution in [0.25, 0.3) is 0 Å². The molecule has 5 heteroatoms. The van der Waals surface area contributed by atoms with Gasteiger partial charge in [-0.05, 0) is 37.8 Å². The molecule has 0 spiro atoms. The lowest BCUT2D eigenvalue weighted by molar-refractivity contribution is -0.385. The number of nitrogens with zero attached hydrogens (tertiary/aromatic N) is 1. The summed E-state index contributed by atoms with van der Waals surface area (Å²) in [6.45, 7) is 6.27. The molecule has 1 aromatic carbocycles. The normalized spacial score (nSPS) is 24.0. The van der Waals surface area contributed by atoms with Crippen molar-refractivity contribution >= 4 is 21.6 Å². The largest absolute Gasteiger partial charge is 0.489 e. The zero-order valence-corrected chi connectivity index (χ0v) is 13.6. The SMILES string of the molecule is CCC1(CC)C(Br)CC1Oc1cc([N+](=O)[O-])ccc1C. The first kappa shape index (κ1) is 15.3. The van der Waals surface area contributed by atoms with Gasteiger partial charge in [-0.1, -0.05) is 29.8 Å². The van der Waals surface area contributed by atoms with E-state index >= 15 is 0 Å². The number of non-ortho nitro benzene ring substituents is 1. The molecule has 2 rings (SSSR count). The Balaban J connectivity index is 2.22. The highest BCUT2D eigenvalue weighted by Gasteiger charge is 2.53. The Hall–Kier alpha value is -1.10. The number of hydrogen-bond donors (Lipinski definition) is 0. The molecule has 0 amide bonds. The van der Waals surface area contributed by atoms with Gasteiger partial charge in [0, 0.05) is 16.3 Å². The van der Waals surface area contributed by atoms with Gasteiger partial charge in [-0.3, -0.25) is 10.1 Å². The highest BCUT2D eigenvalue weighted by atomic mass is 79.9. The summed E-state index contributed by atoms with van der Waals surface area (Å²) in [5, 5.41) is 10.9. The third kappa shape index (κ3) is 2.43. The minimum absolute atomic E-state index is 0.0823. The van der Waals surface area contributed by atoms with Crippen molar-refractivity contribution in [3.05, 3.63) is 33.9 Å². The van der Waals surface area contributed by atoms with E-state index in [-0.39, 0.29) is 22.1 Å². The number of ether oxygens (including phenoxy) is 1. The fourth-order valence-corrected chi connectivity index (χ4v) is 4.28. The Morgan fingerprint density at radius 3 is 2.60 bits per heavy atom. The number of nitro benzene ring substituents is 1. The molecule has 0 aliphatic heterocycles. The van der Waals surface area contributed by atoms with Crippen molar-refractivity contribution in [1.82, 2.24) is 0 Å². The fraction of sp³-hybridized carbons (Fsp3) is 0.600. The summed E-state index contributed by atoms with van der Waals surface area (Å²) >= 11 is 3.73. The zero-order valence-electron chi connectivity index (χ0n) is 12.1. The lowest BCUT2D eigenvalue weighted by Gasteiger charge is -2.52. The summed E-state index contributed by atoms with van der Waals surface area (Å²) in [6, 6.07) is 4.80. The van der Waals surface area contributed by atoms with Crippen LogP contribution < -0.4 is 4.74 Å². The van der Waals surface area contributed by atoms with E-state index in [1.54, 1.807) is 6.07 Å². The molecule has 1 aliphatic carbocycles. The molecule has 0 aromatic heterocycles. The van der Waals surface area contributed by atoms with Crippen LogP contribution in [0.4, 0.5) is 5.69 Å². The van der Waals surface area contributed by atoms with E-state index in [4.69, 9.17) is 4.74 Å². The number of halogens is 1. The van der Waals surface area contributed by atoms with E-state index in [1.807, 2.05) is 6.92 Å². The molecule has 110 valence electrons. The quantitative estimate of drug-likeness (QED) is 0.446. The lowest BCUT2D eigenvalue weighted by atomic mass is 9.62. The van der Waals surface area contributed by atoms with Crippen molar-refractivity contribution in [2.24, 2.45) is 5.41 Å². The van der Waals surface area contributed by atoms with Crippen molar-refractivity contribution in [1.29, 1.82) is 0 Å². The zero-order chi connectivity index (χ0) is 14.9. The molecule has 4 nitrogen and oxygen atoms in total. The topological polar surface area (TPSA) is 52.4 Å². The highest BCUT2D eigenvalue weighted by Crippen LogP contribution is 2.53. The Morgan fingerprint density at radius 2 is 2.10 bits per heavy atom. The van der Waals surface area contributed by atoms with Crippen molar-refractivity contribution in [3.63, 3.8) is 0 Å². The molecule has 2 unspecified atom stereocenters. The van der Waals surface area contributed by atoms with Gasteiger partial charge in [0.1, 0.15) is 11.9 Å². The molecular weight excluding hydrogens is 322 g/mol. The van der Waals surface area contributed by atoms with Crippen LogP contribution in [0.5, 0.6) is 5.75 Å². The molecule has 1 aromatic rings. The van der Waals surface area contributed by atoms with Gasteiger partial charge in [0.25, 0.3) is 5.69 Å². The first-order valence-corrected chi connectivity index (χ1v) is 7.92. The molecule has 1 aliphatic rings. The van der Waals surface area contributed by atoms with Gasteiger partial charge in [0.2, 0.25) is 0 Å². The highest BCUT2D eigenvalue weighted by molar-refractivity contribution is 9.09. The summed E-state index contributed by atoms with van der Waals surface area (Å²) in [5.41, 5.74) is 1.16. The average Bonchev–Trinajstić information content (AvgIpc) is 2.41. The van der Waals surface area contributed by atoms with E-state index in [0.717, 1.165) is 24.8 Å². The van der Waals surface area contributed by atoms with Crippen molar-refractivity contribution in [2.45, 2.75) is 51.0 Å². The van der Waals surface area contributed by atoms with E-state index in [9.17, 15) is 10.1 Å². The van der Waals surface area contributed by atoms with Crippen LogP contribution in [-0.4, -0.2) is 15.9 Å². The van der Waals surface area contributed by atoms with Crippen molar-refractivity contribution < 1.29 is 9.66 Å². The summed E-state index contributed by atoms with van der Waals surface area (Å²) < 4.78 is 6.11. The van der Waals surface area contributed by atoms with E-state index in [0.29, 0.717) is 10.6 Å². The number of nitro groups is 1. The Morgan fingerprint density at radius 1 is 1.45 bits per heavy atom. The second-order valence-corrected chi connectivity index (χ2v) is 6.56. The monoisotopic (exact) mass is 341 g/mol. The molecule has 0 bridgehead atoms. The van der Waals surface area contributed by atoms with Crippen LogP contribution >= 0.6 is 15.9 Å². The summed E-state index contributed by atoms with van der Waals surface area (Å²) in [5.74, 6) is 0.634. The molecule has 20 heavy (non-hydrogen) atoms. The Labute approximate surface area is 127 Å². The van der Waals surface area contributed by atoms with Crippen LogP contribution in [0.2, 0.25) is 0 Å². The van der Waals surface area contributed by atoms with E-state index in [1.165, 1.54) is 12.1 Å². The average molecular weight is 342 g/mol. The molecular formula is C15H20BrNO3. The smallest absolute Gasteiger partial charge is 0.273 e. The molecule has 0 heterocycles. The summed E-state index contributed by atoms with van der Waals surface area (Å²) in [7, 11) is 0. The molecule has 0 N–H and O–H groups in total. The number of benzene rings is 1. The van der Waals surface area contributed by atoms with Crippen molar-refractivity contribution in [3.8, 4) is 5.75 Å². The van der Waals surface area contributed by atoms with Gasteiger partial charge >= 0.3 is 0 Å². The molecule has 1 fully saturated rings. The minimum atomic E-state index is -0.382. The van der Waals surface area contributed by atoms with Crippen LogP contribution in [0.1, 0.15) is 38.7 Å². The third-order valence-electron chi connectivity index (χ3n) is 4.65. The maximum absolute atomic E-state index is 10.9. The van der Waals surface area contributed by atoms with Crippen LogP contribution in [0, 0.1) is 22.5 Å². The van der Waals surface area contributed by atoms with Gasteiger partial charge in [-0.25, -0.2) is 0 Å². The Bertz CT molecular complexity index is 514. The molecule has 0 radical (unpaired) electrons. The second kappa shape index (κ2) is 5.72. The maximum atomic E-state index is 10.9. The number of rotatable bonds is 5. The van der Waals surface area contributed by atoms with Gasteiger partial charge < -0.3 is 4.74 Å². The van der Waals surface area contributed by atoms with Gasteiger partial charge in [-0.15, -0.1) is 0 Å². The first-order chi connectivity index (χ1) is 9.44. The number of hydrogen-bond acceptors (Lipinski definition) is 3. The summed E-state index contributed by atoms with van der Waals surface area (Å²) in [6.07, 6.45) is 3.16. The fourth-order valence-electron chi connectivity index (χ4n) is 2.99. The third-order valence-corrected chi connectivity index (χ3v) is 5.94. The number of aryl methyl sites for hydroxylation is 1.